The Morgan fingerprint density at radius 2 is 2.16 bits per heavy atom. The molecule has 0 saturated carbocycles. The van der Waals surface area contributed by atoms with E-state index in [-0.39, 0.29) is 11.8 Å². The molecule has 0 saturated heterocycles. The van der Waals surface area contributed by atoms with Gasteiger partial charge in [-0.25, -0.2) is 0 Å². The molecular weight excluding hydrogens is 314 g/mol. The maximum atomic E-state index is 12.4. The van der Waals surface area contributed by atoms with Crippen LogP contribution in [0.4, 0.5) is 5.69 Å². The van der Waals surface area contributed by atoms with Crippen molar-refractivity contribution in [1.82, 2.24) is 20.0 Å². The molecule has 1 amide bonds. The second kappa shape index (κ2) is 7.34. The van der Waals surface area contributed by atoms with E-state index in [0.717, 1.165) is 28.2 Å². The van der Waals surface area contributed by atoms with E-state index in [9.17, 15) is 4.79 Å². The molecule has 6 heteroatoms. The lowest BCUT2D eigenvalue weighted by Crippen LogP contribution is -2.15. The van der Waals surface area contributed by atoms with Crippen molar-refractivity contribution in [3.8, 4) is 0 Å². The van der Waals surface area contributed by atoms with Crippen molar-refractivity contribution in [2.75, 3.05) is 5.32 Å². The number of carbonyl (C=O) groups excluding carboxylic acids is 1. The monoisotopic (exact) mass is 337 g/mol. The number of amides is 1. The third-order valence-corrected chi connectivity index (χ3v) is 4.28. The summed E-state index contributed by atoms with van der Waals surface area (Å²) in [5.41, 5.74) is 5.01. The zero-order valence-corrected chi connectivity index (χ0v) is 14.8. The lowest BCUT2D eigenvalue weighted by atomic mass is 9.95. The minimum Gasteiger partial charge on any atom is -0.326 e. The number of benzene rings is 1. The summed E-state index contributed by atoms with van der Waals surface area (Å²) in [6.07, 6.45) is 4.10. The van der Waals surface area contributed by atoms with Gasteiger partial charge in [0.25, 0.3) is 0 Å². The van der Waals surface area contributed by atoms with Gasteiger partial charge >= 0.3 is 0 Å². The summed E-state index contributed by atoms with van der Waals surface area (Å²) in [5, 5.41) is 14.4. The van der Waals surface area contributed by atoms with Gasteiger partial charge in [-0.3, -0.25) is 14.6 Å². The van der Waals surface area contributed by atoms with Gasteiger partial charge in [0.15, 0.2) is 0 Å². The molecule has 2 aromatic heterocycles. The van der Waals surface area contributed by atoms with Crippen LogP contribution in [0.15, 0.2) is 42.7 Å². The average Bonchev–Trinajstić information content (AvgIpc) is 3.17. The lowest BCUT2D eigenvalue weighted by molar-refractivity contribution is -0.116. The topological polar surface area (TPSA) is 75.6 Å². The number of aromatic amines is 1. The van der Waals surface area contributed by atoms with E-state index in [2.05, 4.69) is 27.5 Å². The van der Waals surface area contributed by atoms with Crippen molar-refractivity contribution in [1.29, 1.82) is 0 Å². The minimum absolute atomic E-state index is 0.00346. The molecule has 1 unspecified atom stereocenters. The number of anilines is 1. The van der Waals surface area contributed by atoms with Crippen LogP contribution in [0.3, 0.4) is 0 Å². The molecule has 2 N–H and O–H groups in total. The molecule has 1 atom stereocenters. The Hall–Kier alpha value is -2.89. The number of aryl methyl sites for hydroxylation is 2. The standard InChI is InChI=1S/C19H23N5O/c1-13(19-14(2)22-23-15(19)3)10-18(25)21-17-7-4-6-16(11-17)12-24-9-5-8-20-24/h4-9,11,13H,10,12H2,1-3H3,(H,21,25)(H,22,23). The normalized spacial score (nSPS) is 12.1. The molecule has 130 valence electrons. The van der Waals surface area contributed by atoms with Crippen LogP contribution in [0.1, 0.15) is 41.8 Å². The van der Waals surface area contributed by atoms with Crippen molar-refractivity contribution in [3.63, 3.8) is 0 Å². The Balaban J connectivity index is 1.63. The third kappa shape index (κ3) is 4.15. The SMILES string of the molecule is Cc1n[nH]c(C)c1C(C)CC(=O)Nc1cccc(Cn2cccn2)c1. The number of hydrogen-bond acceptors (Lipinski definition) is 3. The van der Waals surface area contributed by atoms with E-state index < -0.39 is 0 Å². The highest BCUT2D eigenvalue weighted by atomic mass is 16.1. The fourth-order valence-electron chi connectivity index (χ4n) is 3.21. The summed E-state index contributed by atoms with van der Waals surface area (Å²) in [4.78, 5) is 12.4. The summed E-state index contributed by atoms with van der Waals surface area (Å²) in [5.74, 6) is 0.120. The fraction of sp³-hybridized carbons (Fsp3) is 0.316. The smallest absolute Gasteiger partial charge is 0.224 e. The van der Waals surface area contributed by atoms with Crippen LogP contribution in [0, 0.1) is 13.8 Å². The summed E-state index contributed by atoms with van der Waals surface area (Å²) in [6.45, 7) is 6.69. The molecule has 6 nitrogen and oxygen atoms in total. The first-order chi connectivity index (χ1) is 12.0. The first kappa shape index (κ1) is 17.0. The van der Waals surface area contributed by atoms with Crippen LogP contribution in [0.5, 0.6) is 0 Å². The zero-order chi connectivity index (χ0) is 17.8. The van der Waals surface area contributed by atoms with Crippen LogP contribution >= 0.6 is 0 Å². The molecule has 0 aliphatic carbocycles. The number of hydrogen-bond donors (Lipinski definition) is 2. The number of rotatable bonds is 6. The summed E-state index contributed by atoms with van der Waals surface area (Å²) < 4.78 is 1.85. The molecule has 3 rings (SSSR count). The first-order valence-electron chi connectivity index (χ1n) is 8.40. The Kier molecular flexibility index (Phi) is 4.97. The Morgan fingerprint density at radius 3 is 2.84 bits per heavy atom. The molecule has 0 spiro atoms. The van der Waals surface area contributed by atoms with Gasteiger partial charge in [-0.05, 0) is 49.1 Å². The predicted molar refractivity (Wildman–Crippen MR) is 97.5 cm³/mol. The van der Waals surface area contributed by atoms with Crippen LogP contribution in [-0.4, -0.2) is 25.9 Å². The summed E-state index contributed by atoms with van der Waals surface area (Å²) >= 11 is 0. The third-order valence-electron chi connectivity index (χ3n) is 4.28. The molecule has 25 heavy (non-hydrogen) atoms. The number of H-pyrrole nitrogens is 1. The van der Waals surface area contributed by atoms with E-state index in [1.807, 2.05) is 55.1 Å². The molecule has 0 radical (unpaired) electrons. The van der Waals surface area contributed by atoms with Crippen molar-refractivity contribution in [2.24, 2.45) is 0 Å². The van der Waals surface area contributed by atoms with Crippen LogP contribution < -0.4 is 5.32 Å². The van der Waals surface area contributed by atoms with E-state index in [1.54, 1.807) is 6.20 Å². The van der Waals surface area contributed by atoms with E-state index >= 15 is 0 Å². The van der Waals surface area contributed by atoms with Gasteiger partial charge in [-0.2, -0.15) is 10.2 Å². The Bertz CT molecular complexity index is 831. The highest BCUT2D eigenvalue weighted by Crippen LogP contribution is 2.25. The van der Waals surface area contributed by atoms with E-state index in [4.69, 9.17) is 0 Å². The fourth-order valence-corrected chi connectivity index (χ4v) is 3.21. The van der Waals surface area contributed by atoms with Crippen LogP contribution in [0.2, 0.25) is 0 Å². The molecule has 2 heterocycles. The van der Waals surface area contributed by atoms with Crippen LogP contribution in [0.25, 0.3) is 0 Å². The van der Waals surface area contributed by atoms with Gasteiger partial charge in [-0.1, -0.05) is 19.1 Å². The van der Waals surface area contributed by atoms with E-state index in [1.165, 1.54) is 0 Å². The quantitative estimate of drug-likeness (QED) is 0.724. The maximum absolute atomic E-state index is 12.4. The molecule has 0 aliphatic heterocycles. The number of nitrogens with one attached hydrogen (secondary N) is 2. The summed E-state index contributed by atoms with van der Waals surface area (Å²) in [7, 11) is 0. The highest BCUT2D eigenvalue weighted by molar-refractivity contribution is 5.91. The zero-order valence-electron chi connectivity index (χ0n) is 14.8. The van der Waals surface area contributed by atoms with Gasteiger partial charge in [0, 0.05) is 30.2 Å². The molecule has 0 bridgehead atoms. The predicted octanol–water partition coefficient (Wildman–Crippen LogP) is 3.40. The highest BCUT2D eigenvalue weighted by Gasteiger charge is 2.17. The first-order valence-corrected chi connectivity index (χ1v) is 8.40. The molecule has 1 aromatic carbocycles. The van der Waals surface area contributed by atoms with Crippen LogP contribution in [-0.2, 0) is 11.3 Å². The molecule has 0 fully saturated rings. The molecular formula is C19H23N5O. The maximum Gasteiger partial charge on any atom is 0.224 e. The Labute approximate surface area is 147 Å². The minimum atomic E-state index is 0.00346. The number of nitrogens with zero attached hydrogens (tertiary/aromatic N) is 3. The molecule has 0 aliphatic rings. The van der Waals surface area contributed by atoms with Gasteiger partial charge in [0.05, 0.1) is 12.2 Å². The van der Waals surface area contributed by atoms with Crippen molar-refractivity contribution in [2.45, 2.75) is 39.7 Å². The van der Waals surface area contributed by atoms with Gasteiger partial charge in [-0.15, -0.1) is 0 Å². The van der Waals surface area contributed by atoms with Gasteiger partial charge in [0.1, 0.15) is 0 Å². The number of aromatic nitrogens is 4. The number of carbonyl (C=O) groups is 1. The van der Waals surface area contributed by atoms with Gasteiger partial charge in [0.2, 0.25) is 5.91 Å². The van der Waals surface area contributed by atoms with Gasteiger partial charge < -0.3 is 5.32 Å². The average molecular weight is 337 g/mol. The second-order valence-corrected chi connectivity index (χ2v) is 6.41. The molecule has 3 aromatic rings. The lowest BCUT2D eigenvalue weighted by Gasteiger charge is -2.13. The van der Waals surface area contributed by atoms with Crippen molar-refractivity contribution in [3.05, 3.63) is 65.2 Å². The Morgan fingerprint density at radius 1 is 1.32 bits per heavy atom. The second-order valence-electron chi connectivity index (χ2n) is 6.41. The largest absolute Gasteiger partial charge is 0.326 e. The van der Waals surface area contributed by atoms with E-state index in [0.29, 0.717) is 13.0 Å². The van der Waals surface area contributed by atoms with Crippen molar-refractivity contribution < 1.29 is 4.79 Å². The summed E-state index contributed by atoms with van der Waals surface area (Å²) in [6, 6.07) is 9.76. The van der Waals surface area contributed by atoms with Crippen molar-refractivity contribution >= 4 is 11.6 Å².